The van der Waals surface area contributed by atoms with E-state index in [1.165, 1.54) is 32.0 Å². The molecule has 0 aromatic heterocycles. The maximum Gasteiger partial charge on any atom is 0.123 e. The molecule has 0 bridgehead atoms. The molecular formula is C11H20O. The lowest BCUT2D eigenvalue weighted by molar-refractivity contribution is -0.114. The molecular weight excluding hydrogens is 148 g/mol. The predicted octanol–water partition coefficient (Wildman–Crippen LogP) is 3.04. The van der Waals surface area contributed by atoms with Crippen LogP contribution in [0.1, 0.15) is 46.0 Å². The molecule has 1 heteroatoms. The zero-order valence-electron chi connectivity index (χ0n) is 8.25. The molecule has 0 aliphatic heterocycles. The Kier molecular flexibility index (Phi) is 3.77. The van der Waals surface area contributed by atoms with Crippen molar-refractivity contribution in [3.05, 3.63) is 0 Å². The first-order chi connectivity index (χ1) is 5.79. The molecule has 3 atom stereocenters. The Hall–Kier alpha value is -0.330. The number of hydrogen-bond donors (Lipinski definition) is 0. The van der Waals surface area contributed by atoms with Gasteiger partial charge in [-0.2, -0.15) is 0 Å². The highest BCUT2D eigenvalue weighted by molar-refractivity contribution is 5.54. The number of carbonyl (C=O) groups excluding carboxylic acids is 1. The van der Waals surface area contributed by atoms with Gasteiger partial charge < -0.3 is 4.79 Å². The standard InChI is InChI=1S/C11H20O/c1-3-9(2)11-7-5-4-6-10(11)8-12/h8-11H,3-7H2,1-2H3. The Balaban J connectivity index is 2.51. The van der Waals surface area contributed by atoms with Crippen LogP contribution in [-0.2, 0) is 4.79 Å². The van der Waals surface area contributed by atoms with Crippen molar-refractivity contribution in [3.63, 3.8) is 0 Å². The maximum atomic E-state index is 10.8. The summed E-state index contributed by atoms with van der Waals surface area (Å²) in [6.07, 6.45) is 7.41. The van der Waals surface area contributed by atoms with Gasteiger partial charge in [-0.15, -0.1) is 0 Å². The van der Waals surface area contributed by atoms with E-state index in [2.05, 4.69) is 13.8 Å². The average Bonchev–Trinajstić information content (AvgIpc) is 2.16. The minimum Gasteiger partial charge on any atom is -0.303 e. The lowest BCUT2D eigenvalue weighted by Crippen LogP contribution is -2.26. The number of carbonyl (C=O) groups is 1. The van der Waals surface area contributed by atoms with Gasteiger partial charge in [-0.25, -0.2) is 0 Å². The van der Waals surface area contributed by atoms with E-state index in [4.69, 9.17) is 0 Å². The molecule has 1 aliphatic rings. The number of hydrogen-bond acceptors (Lipinski definition) is 1. The Bertz CT molecular complexity index is 142. The highest BCUT2D eigenvalue weighted by Crippen LogP contribution is 2.35. The van der Waals surface area contributed by atoms with Crippen LogP contribution in [0.4, 0.5) is 0 Å². The van der Waals surface area contributed by atoms with Gasteiger partial charge in [0, 0.05) is 5.92 Å². The molecule has 0 heterocycles. The van der Waals surface area contributed by atoms with E-state index in [9.17, 15) is 4.79 Å². The van der Waals surface area contributed by atoms with E-state index in [-0.39, 0.29) is 0 Å². The van der Waals surface area contributed by atoms with Gasteiger partial charge in [0.1, 0.15) is 6.29 Å². The lowest BCUT2D eigenvalue weighted by atomic mass is 9.73. The molecule has 1 nitrogen and oxygen atoms in total. The van der Waals surface area contributed by atoms with Crippen LogP contribution in [-0.4, -0.2) is 6.29 Å². The molecule has 0 aromatic rings. The smallest absolute Gasteiger partial charge is 0.123 e. The summed E-state index contributed by atoms with van der Waals surface area (Å²) in [5, 5.41) is 0. The highest BCUT2D eigenvalue weighted by atomic mass is 16.1. The summed E-state index contributed by atoms with van der Waals surface area (Å²) in [6, 6.07) is 0. The third-order valence-corrected chi connectivity index (χ3v) is 3.42. The van der Waals surface area contributed by atoms with Gasteiger partial charge in [0.2, 0.25) is 0 Å². The summed E-state index contributed by atoms with van der Waals surface area (Å²) in [4.78, 5) is 10.8. The fourth-order valence-electron chi connectivity index (χ4n) is 2.37. The SMILES string of the molecule is CCC(C)C1CCCCC1C=O. The van der Waals surface area contributed by atoms with Crippen molar-refractivity contribution in [2.45, 2.75) is 46.0 Å². The monoisotopic (exact) mass is 168 g/mol. The zero-order valence-corrected chi connectivity index (χ0v) is 8.25. The fraction of sp³-hybridized carbons (Fsp3) is 0.909. The van der Waals surface area contributed by atoms with Crippen LogP contribution < -0.4 is 0 Å². The van der Waals surface area contributed by atoms with Crippen molar-refractivity contribution in [2.75, 3.05) is 0 Å². The van der Waals surface area contributed by atoms with Gasteiger partial charge >= 0.3 is 0 Å². The third kappa shape index (κ3) is 2.09. The normalized spacial score (nSPS) is 32.8. The van der Waals surface area contributed by atoms with Gasteiger partial charge in [-0.05, 0) is 24.7 Å². The Morgan fingerprint density at radius 2 is 2.08 bits per heavy atom. The van der Waals surface area contributed by atoms with Crippen LogP contribution in [0.25, 0.3) is 0 Å². The Labute approximate surface area is 75.5 Å². The van der Waals surface area contributed by atoms with Gasteiger partial charge in [-0.3, -0.25) is 0 Å². The summed E-state index contributed by atoms with van der Waals surface area (Å²) < 4.78 is 0. The third-order valence-electron chi connectivity index (χ3n) is 3.42. The first-order valence-corrected chi connectivity index (χ1v) is 5.24. The van der Waals surface area contributed by atoms with Gasteiger partial charge in [-0.1, -0.05) is 33.1 Å². The Morgan fingerprint density at radius 1 is 1.42 bits per heavy atom. The van der Waals surface area contributed by atoms with Crippen LogP contribution >= 0.6 is 0 Å². The van der Waals surface area contributed by atoms with Gasteiger partial charge in [0.05, 0.1) is 0 Å². The minimum absolute atomic E-state index is 0.369. The van der Waals surface area contributed by atoms with Crippen molar-refractivity contribution in [1.29, 1.82) is 0 Å². The predicted molar refractivity (Wildman–Crippen MR) is 51.0 cm³/mol. The molecule has 0 aromatic carbocycles. The number of rotatable bonds is 3. The largest absolute Gasteiger partial charge is 0.303 e. The van der Waals surface area contributed by atoms with Crippen molar-refractivity contribution >= 4 is 6.29 Å². The average molecular weight is 168 g/mol. The van der Waals surface area contributed by atoms with Crippen molar-refractivity contribution in [3.8, 4) is 0 Å². The first kappa shape index (κ1) is 9.76. The molecule has 0 saturated heterocycles. The molecule has 1 rings (SSSR count). The Morgan fingerprint density at radius 3 is 2.67 bits per heavy atom. The molecule has 12 heavy (non-hydrogen) atoms. The second-order valence-corrected chi connectivity index (χ2v) is 4.13. The van der Waals surface area contributed by atoms with E-state index in [0.717, 1.165) is 12.3 Å². The van der Waals surface area contributed by atoms with Crippen LogP contribution in [0.3, 0.4) is 0 Å². The molecule has 1 aliphatic carbocycles. The highest BCUT2D eigenvalue weighted by Gasteiger charge is 2.27. The van der Waals surface area contributed by atoms with Crippen LogP contribution in [0.5, 0.6) is 0 Å². The van der Waals surface area contributed by atoms with E-state index in [1.807, 2.05) is 0 Å². The lowest BCUT2D eigenvalue weighted by Gasteiger charge is -2.32. The summed E-state index contributed by atoms with van der Waals surface area (Å²) in [7, 11) is 0. The molecule has 0 amide bonds. The summed E-state index contributed by atoms with van der Waals surface area (Å²) >= 11 is 0. The fourth-order valence-corrected chi connectivity index (χ4v) is 2.37. The second-order valence-electron chi connectivity index (χ2n) is 4.13. The summed E-state index contributed by atoms with van der Waals surface area (Å²) in [5.41, 5.74) is 0. The summed E-state index contributed by atoms with van der Waals surface area (Å²) in [6.45, 7) is 4.51. The molecule has 0 spiro atoms. The zero-order chi connectivity index (χ0) is 8.97. The topological polar surface area (TPSA) is 17.1 Å². The minimum atomic E-state index is 0.369. The number of aldehydes is 1. The molecule has 0 N–H and O–H groups in total. The second kappa shape index (κ2) is 4.64. The maximum absolute atomic E-state index is 10.8. The van der Waals surface area contributed by atoms with Crippen LogP contribution in [0, 0.1) is 17.8 Å². The molecule has 70 valence electrons. The molecule has 0 radical (unpaired) electrons. The van der Waals surface area contributed by atoms with E-state index in [0.29, 0.717) is 11.8 Å². The van der Waals surface area contributed by atoms with E-state index in [1.54, 1.807) is 0 Å². The van der Waals surface area contributed by atoms with Gasteiger partial charge in [0.15, 0.2) is 0 Å². The van der Waals surface area contributed by atoms with Crippen molar-refractivity contribution < 1.29 is 4.79 Å². The van der Waals surface area contributed by atoms with E-state index >= 15 is 0 Å². The quantitative estimate of drug-likeness (QED) is 0.592. The van der Waals surface area contributed by atoms with E-state index < -0.39 is 0 Å². The molecule has 3 unspecified atom stereocenters. The van der Waals surface area contributed by atoms with Crippen molar-refractivity contribution in [1.82, 2.24) is 0 Å². The first-order valence-electron chi connectivity index (χ1n) is 5.24. The molecule has 1 fully saturated rings. The van der Waals surface area contributed by atoms with Gasteiger partial charge in [0.25, 0.3) is 0 Å². The van der Waals surface area contributed by atoms with Crippen LogP contribution in [0.15, 0.2) is 0 Å². The van der Waals surface area contributed by atoms with Crippen molar-refractivity contribution in [2.24, 2.45) is 17.8 Å². The summed E-state index contributed by atoms with van der Waals surface area (Å²) in [5.74, 6) is 1.79. The molecule has 1 saturated carbocycles. The van der Waals surface area contributed by atoms with Crippen LogP contribution in [0.2, 0.25) is 0 Å².